The van der Waals surface area contributed by atoms with Crippen LogP contribution in [0.5, 0.6) is 0 Å². The van der Waals surface area contributed by atoms with Gasteiger partial charge in [0.05, 0.1) is 16.8 Å². The molecule has 0 aliphatic heterocycles. The average molecular weight is 267 g/mol. The van der Waals surface area contributed by atoms with Crippen molar-refractivity contribution in [2.75, 3.05) is 12.3 Å². The van der Waals surface area contributed by atoms with Crippen LogP contribution in [0.1, 0.15) is 12.7 Å². The first-order valence-corrected chi connectivity index (χ1v) is 7.58. The summed E-state index contributed by atoms with van der Waals surface area (Å²) in [5, 5.41) is 0. The Bertz CT molecular complexity index is 646. The molecule has 0 saturated carbocycles. The number of nitrogens with zero attached hydrogens (tertiary/aromatic N) is 2. The predicted octanol–water partition coefficient (Wildman–Crippen LogP) is 1.28. The van der Waals surface area contributed by atoms with Gasteiger partial charge in [-0.3, -0.25) is 0 Å². The molecule has 0 radical (unpaired) electrons. The van der Waals surface area contributed by atoms with E-state index in [0.29, 0.717) is 13.1 Å². The van der Waals surface area contributed by atoms with Crippen LogP contribution in [-0.4, -0.2) is 30.3 Å². The zero-order valence-corrected chi connectivity index (χ0v) is 11.4. The molecule has 6 heteroatoms. The lowest BCUT2D eigenvalue weighted by atomic mass is 10.3. The average Bonchev–Trinajstić information content (AvgIpc) is 2.66. The Morgan fingerprint density at radius 2 is 2.06 bits per heavy atom. The van der Waals surface area contributed by atoms with Crippen LogP contribution in [0.25, 0.3) is 11.0 Å². The highest BCUT2D eigenvalue weighted by molar-refractivity contribution is 7.89. The summed E-state index contributed by atoms with van der Waals surface area (Å²) >= 11 is 0. The van der Waals surface area contributed by atoms with Crippen LogP contribution in [0.15, 0.2) is 24.3 Å². The van der Waals surface area contributed by atoms with Crippen molar-refractivity contribution < 1.29 is 8.42 Å². The second kappa shape index (κ2) is 5.07. The molecule has 0 fully saturated rings. The lowest BCUT2D eigenvalue weighted by Gasteiger charge is -2.08. The van der Waals surface area contributed by atoms with E-state index in [4.69, 9.17) is 0 Å². The molecule has 18 heavy (non-hydrogen) atoms. The van der Waals surface area contributed by atoms with Crippen LogP contribution in [0.4, 0.5) is 0 Å². The molecule has 0 saturated heterocycles. The molecule has 2 rings (SSSR count). The molecule has 2 aromatic rings. The minimum atomic E-state index is -3.12. The Morgan fingerprint density at radius 1 is 1.33 bits per heavy atom. The fraction of sp³-hybridized carbons (Fsp3) is 0.417. The van der Waals surface area contributed by atoms with Crippen molar-refractivity contribution in [3.8, 4) is 0 Å². The SMILES string of the molecule is CCS(=O)(=O)NCCn1c(C)nc2ccccc21. The summed E-state index contributed by atoms with van der Waals surface area (Å²) in [5.41, 5.74) is 1.97. The Morgan fingerprint density at radius 3 is 2.78 bits per heavy atom. The molecule has 1 heterocycles. The van der Waals surface area contributed by atoms with Gasteiger partial charge in [-0.2, -0.15) is 0 Å². The second-order valence-electron chi connectivity index (χ2n) is 4.10. The summed E-state index contributed by atoms with van der Waals surface area (Å²) in [7, 11) is -3.12. The molecule has 0 aliphatic rings. The molecule has 1 N–H and O–H groups in total. The van der Waals surface area contributed by atoms with Gasteiger partial charge in [-0.25, -0.2) is 18.1 Å². The Balaban J connectivity index is 2.15. The molecule has 0 atom stereocenters. The summed E-state index contributed by atoms with van der Waals surface area (Å²) in [6.07, 6.45) is 0. The van der Waals surface area contributed by atoms with E-state index in [1.54, 1.807) is 6.92 Å². The zero-order valence-electron chi connectivity index (χ0n) is 10.5. The minimum absolute atomic E-state index is 0.108. The van der Waals surface area contributed by atoms with Crippen LogP contribution in [0.2, 0.25) is 0 Å². The van der Waals surface area contributed by atoms with Gasteiger partial charge in [-0.15, -0.1) is 0 Å². The maximum Gasteiger partial charge on any atom is 0.211 e. The van der Waals surface area contributed by atoms with Crippen molar-refractivity contribution in [1.82, 2.24) is 14.3 Å². The van der Waals surface area contributed by atoms with E-state index in [-0.39, 0.29) is 5.75 Å². The van der Waals surface area contributed by atoms with Gasteiger partial charge in [0.15, 0.2) is 0 Å². The van der Waals surface area contributed by atoms with Crippen molar-refractivity contribution >= 4 is 21.1 Å². The van der Waals surface area contributed by atoms with Gasteiger partial charge in [-0.05, 0) is 26.0 Å². The maximum absolute atomic E-state index is 11.3. The molecular formula is C12H17N3O2S. The molecule has 5 nitrogen and oxygen atoms in total. The lowest BCUT2D eigenvalue weighted by Crippen LogP contribution is -2.28. The third kappa shape index (κ3) is 2.70. The Kier molecular flexibility index (Phi) is 3.68. The smallest absolute Gasteiger partial charge is 0.211 e. The van der Waals surface area contributed by atoms with E-state index in [9.17, 15) is 8.42 Å². The van der Waals surface area contributed by atoms with Crippen molar-refractivity contribution in [2.45, 2.75) is 20.4 Å². The van der Waals surface area contributed by atoms with Crippen LogP contribution in [0.3, 0.4) is 0 Å². The highest BCUT2D eigenvalue weighted by atomic mass is 32.2. The number of fused-ring (bicyclic) bond motifs is 1. The van der Waals surface area contributed by atoms with Crippen molar-refractivity contribution in [3.05, 3.63) is 30.1 Å². The van der Waals surface area contributed by atoms with Gasteiger partial charge < -0.3 is 4.57 Å². The lowest BCUT2D eigenvalue weighted by molar-refractivity contribution is 0.574. The number of benzene rings is 1. The fourth-order valence-electron chi connectivity index (χ4n) is 1.89. The van der Waals surface area contributed by atoms with E-state index >= 15 is 0 Å². The van der Waals surface area contributed by atoms with Gasteiger partial charge in [-0.1, -0.05) is 12.1 Å². The molecular weight excluding hydrogens is 250 g/mol. The molecule has 1 aromatic heterocycles. The largest absolute Gasteiger partial charge is 0.327 e. The van der Waals surface area contributed by atoms with Gasteiger partial charge in [0.2, 0.25) is 10.0 Å². The van der Waals surface area contributed by atoms with Crippen LogP contribution in [0, 0.1) is 6.92 Å². The molecule has 0 bridgehead atoms. The third-order valence-electron chi connectivity index (χ3n) is 2.88. The number of hydrogen-bond donors (Lipinski definition) is 1. The van der Waals surface area contributed by atoms with Gasteiger partial charge in [0.1, 0.15) is 5.82 Å². The van der Waals surface area contributed by atoms with Crippen LogP contribution < -0.4 is 4.72 Å². The Labute approximate surface area is 107 Å². The van der Waals surface area contributed by atoms with Gasteiger partial charge in [0, 0.05) is 13.1 Å². The first kappa shape index (κ1) is 13.0. The number of nitrogens with one attached hydrogen (secondary N) is 1. The number of aryl methyl sites for hydroxylation is 1. The monoisotopic (exact) mass is 267 g/mol. The molecule has 0 aliphatic carbocycles. The first-order valence-electron chi connectivity index (χ1n) is 5.92. The highest BCUT2D eigenvalue weighted by Gasteiger charge is 2.08. The number of aromatic nitrogens is 2. The minimum Gasteiger partial charge on any atom is -0.327 e. The fourth-order valence-corrected chi connectivity index (χ4v) is 2.50. The number of sulfonamides is 1. The highest BCUT2D eigenvalue weighted by Crippen LogP contribution is 2.14. The molecule has 0 amide bonds. The quantitative estimate of drug-likeness (QED) is 0.887. The standard InChI is InChI=1S/C12H17N3O2S/c1-3-18(16,17)13-8-9-15-10(2)14-11-6-4-5-7-12(11)15/h4-7,13H,3,8-9H2,1-2H3. The molecule has 98 valence electrons. The summed E-state index contributed by atoms with van der Waals surface area (Å²) < 4.78 is 27.3. The second-order valence-corrected chi connectivity index (χ2v) is 6.19. The van der Waals surface area contributed by atoms with E-state index in [0.717, 1.165) is 16.9 Å². The van der Waals surface area contributed by atoms with Crippen molar-refractivity contribution in [3.63, 3.8) is 0 Å². The summed E-state index contributed by atoms with van der Waals surface area (Å²) in [5.74, 6) is 1.00. The summed E-state index contributed by atoms with van der Waals surface area (Å²) in [4.78, 5) is 4.43. The van der Waals surface area contributed by atoms with E-state index in [2.05, 4.69) is 9.71 Å². The molecule has 1 aromatic carbocycles. The van der Waals surface area contributed by atoms with Gasteiger partial charge in [0.25, 0.3) is 0 Å². The molecule has 0 unspecified atom stereocenters. The zero-order chi connectivity index (χ0) is 13.2. The van der Waals surface area contributed by atoms with E-state index in [1.807, 2.05) is 35.8 Å². The van der Waals surface area contributed by atoms with E-state index < -0.39 is 10.0 Å². The summed E-state index contributed by atoms with van der Waals surface area (Å²) in [6.45, 7) is 4.53. The van der Waals surface area contributed by atoms with Crippen molar-refractivity contribution in [2.24, 2.45) is 0 Å². The van der Waals surface area contributed by atoms with E-state index in [1.165, 1.54) is 0 Å². The maximum atomic E-state index is 11.3. The third-order valence-corrected chi connectivity index (χ3v) is 4.29. The number of imidazole rings is 1. The molecule has 0 spiro atoms. The Hall–Kier alpha value is -1.40. The van der Waals surface area contributed by atoms with Gasteiger partial charge >= 0.3 is 0 Å². The predicted molar refractivity (Wildman–Crippen MR) is 71.9 cm³/mol. The summed E-state index contributed by atoms with van der Waals surface area (Å²) in [6, 6.07) is 7.84. The number of hydrogen-bond acceptors (Lipinski definition) is 3. The normalized spacial score (nSPS) is 12.1. The van der Waals surface area contributed by atoms with Crippen LogP contribution in [-0.2, 0) is 16.6 Å². The first-order chi connectivity index (χ1) is 8.53. The van der Waals surface area contributed by atoms with Crippen LogP contribution >= 0.6 is 0 Å². The number of rotatable bonds is 5. The van der Waals surface area contributed by atoms with Crippen molar-refractivity contribution in [1.29, 1.82) is 0 Å². The number of para-hydroxylation sites is 2. The topological polar surface area (TPSA) is 64.0 Å².